The largest absolute Gasteiger partial charge is 0.597 e. The Balaban J connectivity index is 2.25. The van der Waals surface area contributed by atoms with E-state index in [1.165, 1.54) is 0 Å². The van der Waals surface area contributed by atoms with Crippen molar-refractivity contribution in [1.82, 2.24) is 4.31 Å². The lowest BCUT2D eigenvalue weighted by Gasteiger charge is -2.42. The van der Waals surface area contributed by atoms with Crippen molar-refractivity contribution in [1.29, 1.82) is 0 Å². The van der Waals surface area contributed by atoms with Crippen LogP contribution in [0.3, 0.4) is 0 Å². The Morgan fingerprint density at radius 3 is 2.48 bits per heavy atom. The zero-order chi connectivity index (χ0) is 18.6. The molecule has 1 aromatic carbocycles. The van der Waals surface area contributed by atoms with Gasteiger partial charge in [0.05, 0.1) is 22.6 Å². The molecule has 0 bridgehead atoms. The fourth-order valence-corrected chi connectivity index (χ4v) is 5.18. The van der Waals surface area contributed by atoms with Gasteiger partial charge in [0.1, 0.15) is 4.75 Å². The van der Waals surface area contributed by atoms with Crippen LogP contribution in [0.5, 0.6) is 0 Å². The van der Waals surface area contributed by atoms with E-state index in [1.807, 2.05) is 39.0 Å². The topological polar surface area (TPSA) is 55.8 Å². The van der Waals surface area contributed by atoms with Gasteiger partial charge in [-0.3, -0.25) is 0 Å². The van der Waals surface area contributed by atoms with Crippen LogP contribution in [-0.4, -0.2) is 41.1 Å². The molecular weight excluding hydrogens is 449 g/mol. The van der Waals surface area contributed by atoms with E-state index < -0.39 is 17.7 Å². The number of rotatable bonds is 6. The lowest BCUT2D eigenvalue weighted by Crippen LogP contribution is -2.54. The number of benzene rings is 1. The van der Waals surface area contributed by atoms with Crippen molar-refractivity contribution in [2.24, 2.45) is 0 Å². The summed E-state index contributed by atoms with van der Waals surface area (Å²) in [6.07, 6.45) is 1.80. The molecule has 0 aliphatic carbocycles. The molecule has 1 aliphatic heterocycles. The number of alkyl halides is 1. The Bertz CT molecular complexity index is 525. The van der Waals surface area contributed by atoms with Crippen molar-refractivity contribution in [2.75, 3.05) is 0 Å². The van der Waals surface area contributed by atoms with Crippen molar-refractivity contribution in [3.63, 3.8) is 0 Å². The van der Waals surface area contributed by atoms with E-state index in [0.29, 0.717) is 6.54 Å². The maximum atomic E-state index is 13.3. The summed E-state index contributed by atoms with van der Waals surface area (Å²) in [6, 6.07) is 10.2. The van der Waals surface area contributed by atoms with Crippen LogP contribution in [0.15, 0.2) is 30.3 Å². The quantitative estimate of drug-likeness (QED) is 0.380. The van der Waals surface area contributed by atoms with Gasteiger partial charge >= 0.3 is 0 Å². The minimum atomic E-state index is -1.16. The van der Waals surface area contributed by atoms with Crippen LogP contribution >= 0.6 is 22.6 Å². The van der Waals surface area contributed by atoms with Crippen molar-refractivity contribution in [2.45, 2.75) is 80.6 Å². The molecule has 0 amide bonds. The molecule has 2 rings (SSSR count). The minimum absolute atomic E-state index is 0.0128. The first-order chi connectivity index (χ1) is 11.7. The maximum Gasteiger partial charge on any atom is 0.166 e. The predicted octanol–water partition coefficient (Wildman–Crippen LogP) is 4.03. The lowest BCUT2D eigenvalue weighted by atomic mass is 9.99. The van der Waals surface area contributed by atoms with Gasteiger partial charge in [0.2, 0.25) is 0 Å². The van der Waals surface area contributed by atoms with Gasteiger partial charge in [-0.15, -0.1) is 4.31 Å². The maximum absolute atomic E-state index is 13.3. The highest BCUT2D eigenvalue weighted by atomic mass is 127. The number of nitrogens with zero attached hydrogens (tertiary/aromatic N) is 1. The minimum Gasteiger partial charge on any atom is -0.597 e. The highest BCUT2D eigenvalue weighted by Gasteiger charge is 2.43. The summed E-state index contributed by atoms with van der Waals surface area (Å²) in [5.74, 6) is 0. The third-order valence-electron chi connectivity index (χ3n) is 4.49. The molecule has 5 atom stereocenters. The van der Waals surface area contributed by atoms with E-state index in [4.69, 9.17) is 4.74 Å². The second kappa shape index (κ2) is 9.37. The van der Waals surface area contributed by atoms with Crippen LogP contribution < -0.4 is 0 Å². The van der Waals surface area contributed by atoms with E-state index in [1.54, 1.807) is 0 Å². The predicted molar refractivity (Wildman–Crippen MR) is 112 cm³/mol. The lowest BCUT2D eigenvalue weighted by molar-refractivity contribution is -0.170. The first-order valence-corrected chi connectivity index (χ1v) is 11.3. The normalized spacial score (nSPS) is 27.3. The van der Waals surface area contributed by atoms with Gasteiger partial charge in [0, 0.05) is 11.4 Å². The number of aliphatic hydroxyl groups excluding tert-OH is 1. The molecule has 25 heavy (non-hydrogen) atoms. The Labute approximate surface area is 168 Å². The first kappa shape index (κ1) is 21.4. The highest BCUT2D eigenvalue weighted by Crippen LogP contribution is 2.33. The Kier molecular flexibility index (Phi) is 8.04. The van der Waals surface area contributed by atoms with Gasteiger partial charge in [-0.05, 0) is 45.6 Å². The average molecular weight is 479 g/mol. The first-order valence-electron chi connectivity index (χ1n) is 8.94. The van der Waals surface area contributed by atoms with E-state index in [9.17, 15) is 9.66 Å². The molecule has 1 heterocycles. The van der Waals surface area contributed by atoms with E-state index in [0.717, 1.165) is 24.8 Å². The molecule has 1 fully saturated rings. The van der Waals surface area contributed by atoms with Gasteiger partial charge in [-0.1, -0.05) is 59.8 Å². The van der Waals surface area contributed by atoms with E-state index >= 15 is 0 Å². The molecule has 3 unspecified atom stereocenters. The fraction of sp³-hybridized carbons (Fsp3) is 0.684. The molecule has 1 aliphatic rings. The zero-order valence-electron chi connectivity index (χ0n) is 15.5. The standard InChI is InChI=1S/C19H30INO3S/c1-5-16(17-12-11-15(20)18(22)24-17)21(25(23)19(2,3)4)13-14-9-7-6-8-10-14/h6-10,15-18,22H,5,11-13H2,1-4H3/t15?,16?,17-,18?,25-/m0/s1. The summed E-state index contributed by atoms with van der Waals surface area (Å²) in [7, 11) is 0. The molecule has 4 nitrogen and oxygen atoms in total. The smallest absolute Gasteiger partial charge is 0.166 e. The van der Waals surface area contributed by atoms with Crippen molar-refractivity contribution in [3.05, 3.63) is 35.9 Å². The third-order valence-corrected chi connectivity index (χ3v) is 7.60. The molecule has 0 aromatic heterocycles. The fourth-order valence-electron chi connectivity index (χ4n) is 3.15. The van der Waals surface area contributed by atoms with E-state index in [2.05, 4.69) is 46.0 Å². The van der Waals surface area contributed by atoms with Crippen LogP contribution in [0.2, 0.25) is 0 Å². The third kappa shape index (κ3) is 5.81. The molecule has 1 N–H and O–H groups in total. The number of hydrogen-bond acceptors (Lipinski definition) is 4. The van der Waals surface area contributed by atoms with Crippen molar-refractivity contribution >= 4 is 34.0 Å². The van der Waals surface area contributed by atoms with Crippen LogP contribution in [0.4, 0.5) is 0 Å². The van der Waals surface area contributed by atoms with Crippen molar-refractivity contribution < 1.29 is 14.4 Å². The zero-order valence-corrected chi connectivity index (χ0v) is 18.5. The molecule has 0 radical (unpaired) electrons. The Morgan fingerprint density at radius 1 is 1.32 bits per heavy atom. The van der Waals surface area contributed by atoms with E-state index in [-0.39, 0.29) is 20.8 Å². The molecule has 1 saturated heterocycles. The van der Waals surface area contributed by atoms with Gasteiger partial charge in [-0.25, -0.2) is 0 Å². The summed E-state index contributed by atoms with van der Waals surface area (Å²) in [4.78, 5) is 0. The second-order valence-electron chi connectivity index (χ2n) is 7.56. The molecule has 1 aromatic rings. The second-order valence-corrected chi connectivity index (χ2v) is 11.3. The summed E-state index contributed by atoms with van der Waals surface area (Å²) < 4.78 is 21.0. The average Bonchev–Trinajstić information content (AvgIpc) is 2.57. The summed E-state index contributed by atoms with van der Waals surface area (Å²) in [5, 5.41) is 10.1. The molecule has 142 valence electrons. The van der Waals surface area contributed by atoms with Gasteiger partial charge in [0.25, 0.3) is 0 Å². The number of hydrogen-bond donors (Lipinski definition) is 1. The summed E-state index contributed by atoms with van der Waals surface area (Å²) >= 11 is 1.08. The monoisotopic (exact) mass is 479 g/mol. The molecule has 0 saturated carbocycles. The molecule has 6 heteroatoms. The van der Waals surface area contributed by atoms with Gasteiger partial charge in [0.15, 0.2) is 6.29 Å². The SMILES string of the molecule is CCC([C@@H]1CCC(I)C(O)O1)N(Cc1ccccc1)[S@@+]([O-])C(C)(C)C. The molecular formula is C19H30INO3S. The van der Waals surface area contributed by atoms with Crippen molar-refractivity contribution in [3.8, 4) is 0 Å². The Morgan fingerprint density at radius 2 is 1.96 bits per heavy atom. The Hall–Kier alpha value is 0.140. The van der Waals surface area contributed by atoms with Gasteiger partial charge < -0.3 is 14.4 Å². The van der Waals surface area contributed by atoms with Crippen LogP contribution in [0.25, 0.3) is 0 Å². The van der Waals surface area contributed by atoms with Crippen LogP contribution in [0, 0.1) is 0 Å². The number of ether oxygens (including phenoxy) is 1. The number of halogens is 1. The van der Waals surface area contributed by atoms with Crippen LogP contribution in [0.1, 0.15) is 52.5 Å². The van der Waals surface area contributed by atoms with Crippen LogP contribution in [-0.2, 0) is 22.6 Å². The summed E-state index contributed by atoms with van der Waals surface area (Å²) in [6.45, 7) is 8.74. The number of aliphatic hydroxyl groups is 1. The highest BCUT2D eigenvalue weighted by molar-refractivity contribution is 14.1. The van der Waals surface area contributed by atoms with Gasteiger partial charge in [-0.2, -0.15) is 0 Å². The molecule has 0 spiro atoms. The summed E-state index contributed by atoms with van der Waals surface area (Å²) in [5.41, 5.74) is 1.14.